The molecular weight excluding hydrogens is 297 g/mol. The minimum atomic E-state index is -0.0477. The lowest BCUT2D eigenvalue weighted by atomic mass is 10.1. The van der Waals surface area contributed by atoms with Crippen LogP contribution in [0.2, 0.25) is 10.2 Å². The minimum absolute atomic E-state index is 0.0477. The molecule has 0 aliphatic heterocycles. The molecule has 0 saturated heterocycles. The number of halogens is 2. The molecule has 0 spiro atoms. The topological polar surface area (TPSA) is 47.8 Å². The lowest BCUT2D eigenvalue weighted by molar-refractivity contribution is 0.0990. The van der Waals surface area contributed by atoms with Gasteiger partial charge in [-0.05, 0) is 25.5 Å². The molecule has 106 valence electrons. The molecule has 0 atom stereocenters. The van der Waals surface area contributed by atoms with Gasteiger partial charge in [0.2, 0.25) is 0 Å². The van der Waals surface area contributed by atoms with E-state index in [-0.39, 0.29) is 12.2 Å². The minimum Gasteiger partial charge on any atom is -0.294 e. The molecule has 2 aromatic rings. The molecule has 2 aromatic heterocycles. The fraction of sp³-hybridized carbons (Fsp3) is 0.357. The third kappa shape index (κ3) is 3.02. The SMILES string of the molecule is CCc1nn(CC)c(CC(=O)c2ccnc(Cl)c2)c1Cl. The first-order valence-electron chi connectivity index (χ1n) is 6.45. The highest BCUT2D eigenvalue weighted by Crippen LogP contribution is 2.23. The molecular formula is C14H15Cl2N3O. The predicted octanol–water partition coefficient (Wildman–Crippen LogP) is 3.59. The molecule has 20 heavy (non-hydrogen) atoms. The second-order valence-corrected chi connectivity index (χ2v) is 5.11. The molecule has 2 heterocycles. The first-order valence-corrected chi connectivity index (χ1v) is 7.21. The number of hydrogen-bond acceptors (Lipinski definition) is 3. The quantitative estimate of drug-likeness (QED) is 0.626. The summed E-state index contributed by atoms with van der Waals surface area (Å²) in [7, 11) is 0. The van der Waals surface area contributed by atoms with Gasteiger partial charge in [-0.25, -0.2) is 4.98 Å². The van der Waals surface area contributed by atoms with Crippen LogP contribution >= 0.6 is 23.2 Å². The summed E-state index contributed by atoms with van der Waals surface area (Å²) in [6.45, 7) is 4.64. The Labute approximate surface area is 127 Å². The van der Waals surface area contributed by atoms with Crippen LogP contribution in [0.1, 0.15) is 35.6 Å². The molecule has 0 amide bonds. The summed E-state index contributed by atoms with van der Waals surface area (Å²) < 4.78 is 1.78. The molecule has 0 N–H and O–H groups in total. The Hall–Kier alpha value is -1.39. The molecule has 0 bridgehead atoms. The highest BCUT2D eigenvalue weighted by Gasteiger charge is 2.18. The zero-order chi connectivity index (χ0) is 14.7. The van der Waals surface area contributed by atoms with E-state index < -0.39 is 0 Å². The van der Waals surface area contributed by atoms with Crippen molar-refractivity contribution in [3.05, 3.63) is 45.5 Å². The number of nitrogens with zero attached hydrogens (tertiary/aromatic N) is 3. The van der Waals surface area contributed by atoms with Crippen molar-refractivity contribution < 1.29 is 4.79 Å². The third-order valence-electron chi connectivity index (χ3n) is 3.07. The molecule has 0 radical (unpaired) electrons. The molecule has 0 aromatic carbocycles. The maximum Gasteiger partial charge on any atom is 0.169 e. The lowest BCUT2D eigenvalue weighted by Gasteiger charge is -2.05. The zero-order valence-corrected chi connectivity index (χ0v) is 12.9. The summed E-state index contributed by atoms with van der Waals surface area (Å²) in [6, 6.07) is 3.21. The second-order valence-electron chi connectivity index (χ2n) is 4.34. The van der Waals surface area contributed by atoms with Gasteiger partial charge in [0.05, 0.1) is 22.8 Å². The van der Waals surface area contributed by atoms with Crippen LogP contribution < -0.4 is 0 Å². The van der Waals surface area contributed by atoms with Crippen LogP contribution in [0.5, 0.6) is 0 Å². The fourth-order valence-corrected chi connectivity index (χ4v) is 2.53. The molecule has 6 heteroatoms. The monoisotopic (exact) mass is 311 g/mol. The van der Waals surface area contributed by atoms with Crippen LogP contribution in [0, 0.1) is 0 Å². The Morgan fingerprint density at radius 2 is 2.10 bits per heavy atom. The largest absolute Gasteiger partial charge is 0.294 e. The van der Waals surface area contributed by atoms with Gasteiger partial charge < -0.3 is 0 Å². The van der Waals surface area contributed by atoms with Crippen molar-refractivity contribution in [2.75, 3.05) is 0 Å². The summed E-state index contributed by atoms with van der Waals surface area (Å²) in [4.78, 5) is 16.2. The maximum atomic E-state index is 12.3. The molecule has 0 aliphatic rings. The number of aryl methyl sites for hydroxylation is 2. The number of hydrogen-bond donors (Lipinski definition) is 0. The van der Waals surface area contributed by atoms with Gasteiger partial charge in [0.25, 0.3) is 0 Å². The Kier molecular flexibility index (Phi) is 4.78. The maximum absolute atomic E-state index is 12.3. The molecule has 0 aliphatic carbocycles. The first-order chi connectivity index (χ1) is 9.56. The van der Waals surface area contributed by atoms with Crippen molar-refractivity contribution in [2.24, 2.45) is 0 Å². The highest BCUT2D eigenvalue weighted by molar-refractivity contribution is 6.32. The zero-order valence-electron chi connectivity index (χ0n) is 11.4. The van der Waals surface area contributed by atoms with Gasteiger partial charge >= 0.3 is 0 Å². The van der Waals surface area contributed by atoms with E-state index in [0.29, 0.717) is 22.3 Å². The fourth-order valence-electron chi connectivity index (χ4n) is 2.02. The van der Waals surface area contributed by atoms with E-state index in [4.69, 9.17) is 23.2 Å². The van der Waals surface area contributed by atoms with E-state index >= 15 is 0 Å². The molecule has 0 fully saturated rings. The van der Waals surface area contributed by atoms with E-state index in [1.807, 2.05) is 13.8 Å². The molecule has 2 rings (SSSR count). The van der Waals surface area contributed by atoms with Crippen LogP contribution in [0.3, 0.4) is 0 Å². The number of ketones is 1. The number of carbonyl (C=O) groups excluding carboxylic acids is 1. The predicted molar refractivity (Wildman–Crippen MR) is 79.6 cm³/mol. The third-order valence-corrected chi connectivity index (χ3v) is 3.71. The van der Waals surface area contributed by atoms with E-state index in [9.17, 15) is 4.79 Å². The van der Waals surface area contributed by atoms with Gasteiger partial charge in [-0.1, -0.05) is 30.1 Å². The Bertz CT molecular complexity index is 637. The summed E-state index contributed by atoms with van der Waals surface area (Å²) in [5.41, 5.74) is 2.11. The van der Waals surface area contributed by atoms with Crippen molar-refractivity contribution >= 4 is 29.0 Å². The van der Waals surface area contributed by atoms with Crippen molar-refractivity contribution in [2.45, 2.75) is 33.2 Å². The van der Waals surface area contributed by atoms with Gasteiger partial charge in [0.1, 0.15) is 5.15 Å². The van der Waals surface area contributed by atoms with E-state index in [2.05, 4.69) is 10.1 Å². The lowest BCUT2D eigenvalue weighted by Crippen LogP contribution is -2.10. The number of pyridine rings is 1. The van der Waals surface area contributed by atoms with Crippen molar-refractivity contribution in [3.63, 3.8) is 0 Å². The van der Waals surface area contributed by atoms with Crippen LogP contribution in [0.4, 0.5) is 0 Å². The normalized spacial score (nSPS) is 10.8. The Morgan fingerprint density at radius 1 is 1.35 bits per heavy atom. The van der Waals surface area contributed by atoms with Gasteiger partial charge in [0, 0.05) is 18.3 Å². The summed E-state index contributed by atoms with van der Waals surface area (Å²) in [6.07, 6.45) is 2.47. The van der Waals surface area contributed by atoms with Gasteiger partial charge in [0.15, 0.2) is 5.78 Å². The summed E-state index contributed by atoms with van der Waals surface area (Å²) >= 11 is 12.1. The Morgan fingerprint density at radius 3 is 2.70 bits per heavy atom. The van der Waals surface area contributed by atoms with Crippen molar-refractivity contribution in [1.82, 2.24) is 14.8 Å². The smallest absolute Gasteiger partial charge is 0.169 e. The molecule has 0 saturated carbocycles. The summed E-state index contributed by atoms with van der Waals surface area (Å²) in [5, 5.41) is 5.30. The van der Waals surface area contributed by atoms with Crippen LogP contribution in [-0.2, 0) is 19.4 Å². The summed E-state index contributed by atoms with van der Waals surface area (Å²) in [5.74, 6) is -0.0477. The number of rotatable bonds is 5. The highest BCUT2D eigenvalue weighted by atomic mass is 35.5. The van der Waals surface area contributed by atoms with Gasteiger partial charge in [-0.3, -0.25) is 9.48 Å². The van der Waals surface area contributed by atoms with Crippen molar-refractivity contribution in [1.29, 1.82) is 0 Å². The number of Topliss-reactive ketones (excluding diaryl/α,β-unsaturated/α-hetero) is 1. The average Bonchev–Trinajstić information content (AvgIpc) is 2.75. The van der Waals surface area contributed by atoms with E-state index in [1.54, 1.807) is 16.8 Å². The molecule has 4 nitrogen and oxygen atoms in total. The number of aromatic nitrogens is 3. The first kappa shape index (κ1) is 15.0. The van der Waals surface area contributed by atoms with Crippen molar-refractivity contribution in [3.8, 4) is 0 Å². The van der Waals surface area contributed by atoms with Crippen LogP contribution in [0.25, 0.3) is 0 Å². The van der Waals surface area contributed by atoms with E-state index in [0.717, 1.165) is 17.8 Å². The van der Waals surface area contributed by atoms with Gasteiger partial charge in [-0.15, -0.1) is 0 Å². The van der Waals surface area contributed by atoms with Crippen LogP contribution in [0.15, 0.2) is 18.3 Å². The van der Waals surface area contributed by atoms with E-state index in [1.165, 1.54) is 6.20 Å². The Balaban J connectivity index is 2.30. The molecule has 0 unspecified atom stereocenters. The van der Waals surface area contributed by atoms with Crippen LogP contribution in [-0.4, -0.2) is 20.5 Å². The average molecular weight is 312 g/mol. The standard InChI is InChI=1S/C14H15Cl2N3O/c1-3-10-14(16)11(19(4-2)18-10)8-12(20)9-5-6-17-13(15)7-9/h5-7H,3-4,8H2,1-2H3. The second kappa shape index (κ2) is 6.37. The van der Waals surface area contributed by atoms with Gasteiger partial charge in [-0.2, -0.15) is 5.10 Å². The number of carbonyl (C=O) groups is 1.